The van der Waals surface area contributed by atoms with Crippen LogP contribution in [0.5, 0.6) is 5.75 Å². The Morgan fingerprint density at radius 3 is 2.83 bits per heavy atom. The molecular formula is C15H24N2O. The van der Waals surface area contributed by atoms with Crippen LogP contribution in [-0.4, -0.2) is 18.2 Å². The van der Waals surface area contributed by atoms with Crippen LogP contribution < -0.4 is 11.1 Å². The molecule has 2 unspecified atom stereocenters. The maximum atomic E-state index is 10.1. The SMILES string of the molecule is Cc1ccc(O)c2c1C(C)CC2NCCCCN. The van der Waals surface area contributed by atoms with Crippen molar-refractivity contribution in [2.75, 3.05) is 13.1 Å². The summed E-state index contributed by atoms with van der Waals surface area (Å²) >= 11 is 0. The number of rotatable bonds is 5. The van der Waals surface area contributed by atoms with Crippen molar-refractivity contribution >= 4 is 0 Å². The Hall–Kier alpha value is -1.06. The summed E-state index contributed by atoms with van der Waals surface area (Å²) in [5.74, 6) is 0.968. The number of nitrogens with two attached hydrogens (primary N) is 1. The maximum Gasteiger partial charge on any atom is 0.120 e. The van der Waals surface area contributed by atoms with Gasteiger partial charge in [0.2, 0.25) is 0 Å². The van der Waals surface area contributed by atoms with E-state index in [2.05, 4.69) is 19.2 Å². The fourth-order valence-electron chi connectivity index (χ4n) is 3.07. The summed E-state index contributed by atoms with van der Waals surface area (Å²) in [5, 5.41) is 13.6. The summed E-state index contributed by atoms with van der Waals surface area (Å²) in [4.78, 5) is 0. The van der Waals surface area contributed by atoms with Gasteiger partial charge < -0.3 is 16.2 Å². The highest BCUT2D eigenvalue weighted by atomic mass is 16.3. The van der Waals surface area contributed by atoms with Crippen LogP contribution in [0.25, 0.3) is 0 Å². The number of phenolic OH excluding ortho intramolecular Hbond substituents is 1. The van der Waals surface area contributed by atoms with Crippen molar-refractivity contribution in [1.82, 2.24) is 5.32 Å². The molecular weight excluding hydrogens is 224 g/mol. The van der Waals surface area contributed by atoms with E-state index >= 15 is 0 Å². The van der Waals surface area contributed by atoms with Gasteiger partial charge in [-0.25, -0.2) is 0 Å². The van der Waals surface area contributed by atoms with E-state index < -0.39 is 0 Å². The van der Waals surface area contributed by atoms with Crippen molar-refractivity contribution in [2.45, 2.75) is 45.1 Å². The van der Waals surface area contributed by atoms with Gasteiger partial charge in [0.15, 0.2) is 0 Å². The third-order valence-electron chi connectivity index (χ3n) is 3.93. The van der Waals surface area contributed by atoms with Gasteiger partial charge in [-0.05, 0) is 62.4 Å². The average Bonchev–Trinajstić information content (AvgIpc) is 2.68. The molecule has 0 aromatic heterocycles. The summed E-state index contributed by atoms with van der Waals surface area (Å²) in [6.45, 7) is 6.10. The Labute approximate surface area is 109 Å². The van der Waals surface area contributed by atoms with Crippen LogP contribution in [0.3, 0.4) is 0 Å². The van der Waals surface area contributed by atoms with Gasteiger partial charge in [0.1, 0.15) is 5.75 Å². The first-order chi connectivity index (χ1) is 8.65. The van der Waals surface area contributed by atoms with E-state index in [-0.39, 0.29) is 0 Å². The molecule has 0 radical (unpaired) electrons. The van der Waals surface area contributed by atoms with Crippen molar-refractivity contribution in [1.29, 1.82) is 0 Å². The molecule has 0 saturated carbocycles. The summed E-state index contributed by atoms with van der Waals surface area (Å²) in [6.07, 6.45) is 3.24. The molecule has 2 rings (SSSR count). The molecule has 18 heavy (non-hydrogen) atoms. The number of hydrogen-bond donors (Lipinski definition) is 3. The van der Waals surface area contributed by atoms with Crippen LogP contribution in [0, 0.1) is 6.92 Å². The molecule has 3 heteroatoms. The smallest absolute Gasteiger partial charge is 0.120 e. The largest absolute Gasteiger partial charge is 0.508 e. The van der Waals surface area contributed by atoms with Crippen molar-refractivity contribution in [3.63, 3.8) is 0 Å². The van der Waals surface area contributed by atoms with E-state index in [1.165, 1.54) is 11.1 Å². The van der Waals surface area contributed by atoms with Crippen LogP contribution in [-0.2, 0) is 0 Å². The summed E-state index contributed by atoms with van der Waals surface area (Å²) < 4.78 is 0. The number of hydrogen-bond acceptors (Lipinski definition) is 3. The van der Waals surface area contributed by atoms with Gasteiger partial charge in [0.25, 0.3) is 0 Å². The van der Waals surface area contributed by atoms with E-state index in [0.717, 1.165) is 37.9 Å². The lowest BCUT2D eigenvalue weighted by Gasteiger charge is -2.15. The second-order valence-corrected chi connectivity index (χ2v) is 5.37. The highest BCUT2D eigenvalue weighted by molar-refractivity contribution is 5.50. The number of fused-ring (bicyclic) bond motifs is 1. The highest BCUT2D eigenvalue weighted by Crippen LogP contribution is 2.45. The van der Waals surface area contributed by atoms with Crippen LogP contribution >= 0.6 is 0 Å². The monoisotopic (exact) mass is 248 g/mol. The Morgan fingerprint density at radius 1 is 1.33 bits per heavy atom. The number of unbranched alkanes of at least 4 members (excludes halogenated alkanes) is 1. The van der Waals surface area contributed by atoms with Gasteiger partial charge in [-0.1, -0.05) is 13.0 Å². The zero-order chi connectivity index (χ0) is 13.1. The van der Waals surface area contributed by atoms with E-state index in [4.69, 9.17) is 5.73 Å². The van der Waals surface area contributed by atoms with Crippen LogP contribution in [0.1, 0.15) is 54.8 Å². The first-order valence-electron chi connectivity index (χ1n) is 6.91. The van der Waals surface area contributed by atoms with E-state index in [1.807, 2.05) is 12.1 Å². The zero-order valence-electron chi connectivity index (χ0n) is 11.4. The molecule has 0 bridgehead atoms. The first-order valence-corrected chi connectivity index (χ1v) is 6.91. The lowest BCUT2D eigenvalue weighted by molar-refractivity contribution is 0.443. The molecule has 0 saturated heterocycles. The Bertz CT molecular complexity index is 417. The predicted molar refractivity (Wildman–Crippen MR) is 74.9 cm³/mol. The van der Waals surface area contributed by atoms with Crippen LogP contribution in [0.2, 0.25) is 0 Å². The Morgan fingerprint density at radius 2 is 2.11 bits per heavy atom. The molecule has 2 atom stereocenters. The Balaban J connectivity index is 2.12. The molecule has 0 spiro atoms. The molecule has 1 aromatic rings. The number of aryl methyl sites for hydroxylation is 1. The normalized spacial score (nSPS) is 22.2. The molecule has 3 nitrogen and oxygen atoms in total. The second-order valence-electron chi connectivity index (χ2n) is 5.37. The average molecular weight is 248 g/mol. The first kappa shape index (κ1) is 13.4. The van der Waals surface area contributed by atoms with Crippen molar-refractivity contribution in [3.8, 4) is 5.75 Å². The molecule has 0 amide bonds. The van der Waals surface area contributed by atoms with E-state index in [0.29, 0.717) is 17.7 Å². The molecule has 1 aromatic carbocycles. The number of phenols is 1. The van der Waals surface area contributed by atoms with Crippen molar-refractivity contribution in [2.24, 2.45) is 5.73 Å². The minimum absolute atomic E-state index is 0.299. The Kier molecular flexibility index (Phi) is 4.25. The van der Waals surface area contributed by atoms with Gasteiger partial charge in [-0.15, -0.1) is 0 Å². The van der Waals surface area contributed by atoms with E-state index in [9.17, 15) is 5.11 Å². The summed E-state index contributed by atoms with van der Waals surface area (Å²) in [5.41, 5.74) is 9.25. The van der Waals surface area contributed by atoms with Crippen molar-refractivity contribution in [3.05, 3.63) is 28.8 Å². The van der Waals surface area contributed by atoms with Gasteiger partial charge in [-0.2, -0.15) is 0 Å². The molecule has 0 aliphatic heterocycles. The third kappa shape index (κ3) is 2.52. The maximum absolute atomic E-state index is 10.1. The van der Waals surface area contributed by atoms with Gasteiger partial charge in [-0.3, -0.25) is 0 Å². The molecule has 1 aliphatic rings. The number of aromatic hydroxyl groups is 1. The predicted octanol–water partition coefficient (Wildman–Crippen LogP) is 2.58. The lowest BCUT2D eigenvalue weighted by Crippen LogP contribution is -2.21. The third-order valence-corrected chi connectivity index (χ3v) is 3.93. The van der Waals surface area contributed by atoms with Gasteiger partial charge in [0.05, 0.1) is 0 Å². The molecule has 100 valence electrons. The standard InChI is InChI=1S/C15H24N2O/c1-10-5-6-13(18)15-12(9-11(2)14(10)15)17-8-4-3-7-16/h5-6,11-12,17-18H,3-4,7-9,16H2,1-2H3. The second kappa shape index (κ2) is 5.72. The summed E-state index contributed by atoms with van der Waals surface area (Å²) in [6, 6.07) is 4.13. The highest BCUT2D eigenvalue weighted by Gasteiger charge is 2.31. The van der Waals surface area contributed by atoms with Crippen molar-refractivity contribution < 1.29 is 5.11 Å². The molecule has 4 N–H and O–H groups in total. The van der Waals surface area contributed by atoms with Crippen LogP contribution in [0.4, 0.5) is 0 Å². The number of nitrogens with one attached hydrogen (secondary N) is 1. The fraction of sp³-hybridized carbons (Fsp3) is 0.600. The lowest BCUT2D eigenvalue weighted by atomic mass is 9.97. The molecule has 0 fully saturated rings. The number of benzene rings is 1. The molecule has 0 heterocycles. The minimum Gasteiger partial charge on any atom is -0.508 e. The topological polar surface area (TPSA) is 58.3 Å². The molecule has 1 aliphatic carbocycles. The quantitative estimate of drug-likeness (QED) is 0.702. The van der Waals surface area contributed by atoms with Crippen LogP contribution in [0.15, 0.2) is 12.1 Å². The van der Waals surface area contributed by atoms with Gasteiger partial charge in [0, 0.05) is 11.6 Å². The zero-order valence-corrected chi connectivity index (χ0v) is 11.4. The minimum atomic E-state index is 0.299. The summed E-state index contributed by atoms with van der Waals surface area (Å²) in [7, 11) is 0. The van der Waals surface area contributed by atoms with E-state index in [1.54, 1.807) is 0 Å². The fourth-order valence-corrected chi connectivity index (χ4v) is 3.07. The van der Waals surface area contributed by atoms with Gasteiger partial charge >= 0.3 is 0 Å².